The van der Waals surface area contributed by atoms with Crippen molar-refractivity contribution in [3.8, 4) is 5.69 Å². The van der Waals surface area contributed by atoms with E-state index in [4.69, 9.17) is 12.2 Å². The molecule has 2 aromatic rings. The summed E-state index contributed by atoms with van der Waals surface area (Å²) in [5, 5.41) is 4.16. The fourth-order valence-corrected chi connectivity index (χ4v) is 2.23. The van der Waals surface area contributed by atoms with E-state index in [0.717, 1.165) is 16.9 Å². The molecule has 0 saturated heterocycles. The number of aryl methyl sites for hydroxylation is 1. The molecule has 2 heterocycles. The van der Waals surface area contributed by atoms with Gasteiger partial charge >= 0.3 is 0 Å². The fraction of sp³-hybridized carbons (Fsp3) is 0.222. The van der Waals surface area contributed by atoms with E-state index in [9.17, 15) is 0 Å². The second kappa shape index (κ2) is 3.47. The first-order valence-corrected chi connectivity index (χ1v) is 5.50. The number of imidazole rings is 1. The Bertz CT molecular complexity index is 436. The minimum absolute atomic E-state index is 0.773. The molecule has 0 spiro atoms. The maximum atomic E-state index is 5.20. The lowest BCUT2D eigenvalue weighted by Gasteiger charge is -2.02. The van der Waals surface area contributed by atoms with Gasteiger partial charge < -0.3 is 4.98 Å². The van der Waals surface area contributed by atoms with Crippen LogP contribution in [0.3, 0.4) is 0 Å². The molecule has 0 aliphatic carbocycles. The Morgan fingerprint density at radius 3 is 3.08 bits per heavy atom. The lowest BCUT2D eigenvalue weighted by atomic mass is 10.3. The van der Waals surface area contributed by atoms with E-state index in [1.165, 1.54) is 5.69 Å². The molecule has 13 heavy (non-hydrogen) atoms. The SMILES string of the molecule is CCc1c[nH]c(=S)n1-c1ccsc1. The van der Waals surface area contributed by atoms with Crippen LogP contribution in [0.2, 0.25) is 0 Å². The molecule has 0 aliphatic rings. The largest absolute Gasteiger partial charge is 0.337 e. The zero-order valence-corrected chi connectivity index (χ0v) is 8.91. The van der Waals surface area contributed by atoms with Gasteiger partial charge in [-0.1, -0.05) is 6.92 Å². The Kier molecular flexibility index (Phi) is 2.33. The number of hydrogen-bond acceptors (Lipinski definition) is 2. The van der Waals surface area contributed by atoms with Crippen LogP contribution >= 0.6 is 23.6 Å². The van der Waals surface area contributed by atoms with E-state index < -0.39 is 0 Å². The van der Waals surface area contributed by atoms with Crippen molar-refractivity contribution >= 4 is 23.6 Å². The van der Waals surface area contributed by atoms with Crippen LogP contribution < -0.4 is 0 Å². The van der Waals surface area contributed by atoms with Crippen LogP contribution in [0.15, 0.2) is 23.0 Å². The van der Waals surface area contributed by atoms with E-state index in [1.54, 1.807) is 11.3 Å². The summed E-state index contributed by atoms with van der Waals surface area (Å²) in [5.74, 6) is 0. The second-order valence-electron chi connectivity index (χ2n) is 2.76. The zero-order valence-electron chi connectivity index (χ0n) is 7.28. The standard InChI is InChI=1S/C9H10N2S2/c1-2-7-5-10-9(12)11(7)8-3-4-13-6-8/h3-6H,2H2,1H3,(H,10,12). The average molecular weight is 210 g/mol. The predicted octanol–water partition coefficient (Wildman–Crippen LogP) is 3.16. The van der Waals surface area contributed by atoms with E-state index >= 15 is 0 Å². The molecule has 0 atom stereocenters. The molecular weight excluding hydrogens is 200 g/mol. The van der Waals surface area contributed by atoms with Gasteiger partial charge in [0, 0.05) is 17.3 Å². The summed E-state index contributed by atoms with van der Waals surface area (Å²) in [7, 11) is 0. The van der Waals surface area contributed by atoms with Crippen LogP contribution in [0.4, 0.5) is 0 Å². The van der Waals surface area contributed by atoms with Crippen molar-refractivity contribution < 1.29 is 0 Å². The van der Waals surface area contributed by atoms with Crippen LogP contribution in [0.5, 0.6) is 0 Å². The molecule has 0 saturated carbocycles. The molecular formula is C9H10N2S2. The first-order chi connectivity index (χ1) is 6.33. The van der Waals surface area contributed by atoms with Crippen LogP contribution in [-0.2, 0) is 6.42 Å². The minimum atomic E-state index is 0.773. The summed E-state index contributed by atoms with van der Waals surface area (Å²) in [4.78, 5) is 3.06. The highest BCUT2D eigenvalue weighted by molar-refractivity contribution is 7.71. The topological polar surface area (TPSA) is 20.7 Å². The Hall–Kier alpha value is -0.870. The summed E-state index contributed by atoms with van der Waals surface area (Å²) in [5.41, 5.74) is 2.39. The van der Waals surface area contributed by atoms with Gasteiger partial charge in [-0.3, -0.25) is 4.57 Å². The molecule has 1 N–H and O–H groups in total. The Morgan fingerprint density at radius 2 is 2.46 bits per heavy atom. The van der Waals surface area contributed by atoms with Crippen molar-refractivity contribution in [3.63, 3.8) is 0 Å². The van der Waals surface area contributed by atoms with Gasteiger partial charge in [0.05, 0.1) is 5.69 Å². The Balaban J connectivity index is 2.62. The second-order valence-corrected chi connectivity index (χ2v) is 3.92. The molecule has 2 aromatic heterocycles. The minimum Gasteiger partial charge on any atom is -0.337 e. The van der Waals surface area contributed by atoms with Gasteiger partial charge in [-0.05, 0) is 30.1 Å². The molecule has 68 valence electrons. The van der Waals surface area contributed by atoms with Crippen LogP contribution in [0, 0.1) is 4.77 Å². The first-order valence-electron chi connectivity index (χ1n) is 4.15. The van der Waals surface area contributed by atoms with Crippen LogP contribution in [0.1, 0.15) is 12.6 Å². The molecule has 4 heteroatoms. The predicted molar refractivity (Wildman–Crippen MR) is 58.2 cm³/mol. The van der Waals surface area contributed by atoms with Crippen molar-refractivity contribution in [1.82, 2.24) is 9.55 Å². The zero-order chi connectivity index (χ0) is 9.26. The monoisotopic (exact) mass is 210 g/mol. The number of nitrogens with one attached hydrogen (secondary N) is 1. The van der Waals surface area contributed by atoms with E-state index in [-0.39, 0.29) is 0 Å². The third-order valence-electron chi connectivity index (χ3n) is 1.98. The van der Waals surface area contributed by atoms with Gasteiger partial charge in [-0.25, -0.2) is 0 Å². The third-order valence-corrected chi connectivity index (χ3v) is 2.95. The smallest absolute Gasteiger partial charge is 0.182 e. The van der Waals surface area contributed by atoms with Crippen LogP contribution in [0.25, 0.3) is 5.69 Å². The van der Waals surface area contributed by atoms with Gasteiger partial charge in [-0.2, -0.15) is 11.3 Å². The summed E-state index contributed by atoms with van der Waals surface area (Å²) in [6, 6.07) is 2.08. The van der Waals surface area contributed by atoms with Crippen molar-refractivity contribution in [1.29, 1.82) is 0 Å². The number of aromatic nitrogens is 2. The highest BCUT2D eigenvalue weighted by atomic mass is 32.1. The molecule has 0 amide bonds. The molecule has 0 unspecified atom stereocenters. The summed E-state index contributed by atoms with van der Waals surface area (Å²) >= 11 is 6.88. The highest BCUT2D eigenvalue weighted by Crippen LogP contribution is 2.15. The maximum absolute atomic E-state index is 5.20. The van der Waals surface area contributed by atoms with E-state index in [1.807, 2.05) is 6.20 Å². The van der Waals surface area contributed by atoms with E-state index in [0.29, 0.717) is 0 Å². The third kappa shape index (κ3) is 1.47. The van der Waals surface area contributed by atoms with Crippen molar-refractivity contribution in [2.24, 2.45) is 0 Å². The molecule has 2 nitrogen and oxygen atoms in total. The van der Waals surface area contributed by atoms with Gasteiger partial charge in [0.15, 0.2) is 4.77 Å². The fourth-order valence-electron chi connectivity index (χ4n) is 1.33. The molecule has 0 radical (unpaired) electrons. The number of thiophene rings is 1. The van der Waals surface area contributed by atoms with Crippen molar-refractivity contribution in [3.05, 3.63) is 33.5 Å². The van der Waals surface area contributed by atoms with Gasteiger partial charge in [0.1, 0.15) is 0 Å². The quantitative estimate of drug-likeness (QED) is 0.755. The van der Waals surface area contributed by atoms with Crippen molar-refractivity contribution in [2.45, 2.75) is 13.3 Å². The number of hydrogen-bond donors (Lipinski definition) is 1. The lowest BCUT2D eigenvalue weighted by Crippen LogP contribution is -1.96. The molecule has 0 aliphatic heterocycles. The first kappa shape index (κ1) is 8.72. The number of nitrogens with zero attached hydrogens (tertiary/aromatic N) is 1. The van der Waals surface area contributed by atoms with Crippen molar-refractivity contribution in [2.75, 3.05) is 0 Å². The number of H-pyrrole nitrogens is 1. The Morgan fingerprint density at radius 1 is 1.62 bits per heavy atom. The summed E-state index contributed by atoms with van der Waals surface area (Å²) in [6.45, 7) is 2.13. The maximum Gasteiger partial charge on any atom is 0.182 e. The molecule has 0 fully saturated rings. The Labute approximate surface area is 85.9 Å². The molecule has 2 rings (SSSR count). The summed E-state index contributed by atoms with van der Waals surface area (Å²) in [6.07, 6.45) is 2.96. The van der Waals surface area contributed by atoms with Gasteiger partial charge in [-0.15, -0.1) is 0 Å². The number of aromatic amines is 1. The lowest BCUT2D eigenvalue weighted by molar-refractivity contribution is 0.926. The number of rotatable bonds is 2. The summed E-state index contributed by atoms with van der Waals surface area (Å²) < 4.78 is 2.85. The highest BCUT2D eigenvalue weighted by Gasteiger charge is 2.03. The van der Waals surface area contributed by atoms with Crippen LogP contribution in [-0.4, -0.2) is 9.55 Å². The average Bonchev–Trinajstić information content (AvgIpc) is 2.72. The normalized spacial score (nSPS) is 10.5. The van der Waals surface area contributed by atoms with Gasteiger partial charge in [0.2, 0.25) is 0 Å². The van der Waals surface area contributed by atoms with E-state index in [2.05, 4.69) is 33.3 Å². The molecule has 0 bridgehead atoms. The van der Waals surface area contributed by atoms with Gasteiger partial charge in [0.25, 0.3) is 0 Å². The molecule has 0 aromatic carbocycles.